The second-order valence-electron chi connectivity index (χ2n) is 7.08. The predicted octanol–water partition coefficient (Wildman–Crippen LogP) is 1.45. The zero-order valence-corrected chi connectivity index (χ0v) is 17.0. The summed E-state index contributed by atoms with van der Waals surface area (Å²) in [5.74, 6) is 0.995. The van der Waals surface area contributed by atoms with Crippen LogP contribution in [0.2, 0.25) is 0 Å². The monoisotopic (exact) mass is 387 g/mol. The summed E-state index contributed by atoms with van der Waals surface area (Å²) in [7, 11) is 3.35. The minimum absolute atomic E-state index is 0.0810. The zero-order chi connectivity index (χ0) is 20.2. The molecule has 1 aromatic carbocycles. The first-order chi connectivity index (χ1) is 13.6. The highest BCUT2D eigenvalue weighted by atomic mass is 16.2. The van der Waals surface area contributed by atoms with E-state index in [9.17, 15) is 9.59 Å². The quantitative estimate of drug-likeness (QED) is 0.308. The Morgan fingerprint density at radius 2 is 1.75 bits per heavy atom. The molecule has 1 aromatic rings. The van der Waals surface area contributed by atoms with Crippen molar-refractivity contribution in [2.75, 3.05) is 33.7 Å². The van der Waals surface area contributed by atoms with Crippen molar-refractivity contribution < 1.29 is 9.59 Å². The van der Waals surface area contributed by atoms with E-state index in [-0.39, 0.29) is 17.7 Å². The summed E-state index contributed by atoms with van der Waals surface area (Å²) in [5, 5.41) is 12.1. The SMILES string of the molecule is CN=C(NCCNC(=O)C1CCCCC1)NCCc1cccc(C(=O)NC)c1. The van der Waals surface area contributed by atoms with Crippen molar-refractivity contribution in [3.8, 4) is 0 Å². The molecule has 154 valence electrons. The maximum absolute atomic E-state index is 12.1. The number of carbonyl (C=O) groups is 2. The molecule has 1 fully saturated rings. The fraction of sp³-hybridized carbons (Fsp3) is 0.571. The second kappa shape index (κ2) is 12.0. The molecule has 7 heteroatoms. The van der Waals surface area contributed by atoms with Gasteiger partial charge in [-0.3, -0.25) is 14.6 Å². The molecule has 0 atom stereocenters. The summed E-state index contributed by atoms with van der Waals surface area (Å²) in [5.41, 5.74) is 1.75. The highest BCUT2D eigenvalue weighted by Gasteiger charge is 2.20. The summed E-state index contributed by atoms with van der Waals surface area (Å²) in [6.45, 7) is 1.92. The van der Waals surface area contributed by atoms with Gasteiger partial charge in [0, 0.05) is 45.2 Å². The smallest absolute Gasteiger partial charge is 0.251 e. The third-order valence-electron chi connectivity index (χ3n) is 5.04. The lowest BCUT2D eigenvalue weighted by atomic mass is 9.89. The molecule has 7 nitrogen and oxygen atoms in total. The summed E-state index contributed by atoms with van der Waals surface area (Å²) >= 11 is 0. The normalized spacial score (nSPS) is 15.0. The number of rotatable bonds is 8. The molecule has 1 saturated carbocycles. The Morgan fingerprint density at radius 1 is 1.04 bits per heavy atom. The number of amides is 2. The van der Waals surface area contributed by atoms with E-state index in [2.05, 4.69) is 26.3 Å². The van der Waals surface area contributed by atoms with Crippen LogP contribution in [0.15, 0.2) is 29.3 Å². The van der Waals surface area contributed by atoms with Gasteiger partial charge in [0.15, 0.2) is 5.96 Å². The first kappa shape index (κ1) is 21.7. The molecule has 0 radical (unpaired) electrons. The predicted molar refractivity (Wildman–Crippen MR) is 112 cm³/mol. The van der Waals surface area contributed by atoms with Gasteiger partial charge in [-0.15, -0.1) is 0 Å². The van der Waals surface area contributed by atoms with Crippen molar-refractivity contribution in [1.82, 2.24) is 21.3 Å². The third kappa shape index (κ3) is 7.21. The van der Waals surface area contributed by atoms with E-state index in [4.69, 9.17) is 0 Å². The molecular formula is C21H33N5O2. The number of aliphatic imine (C=N–C) groups is 1. The van der Waals surface area contributed by atoms with Gasteiger partial charge in [0.2, 0.25) is 5.91 Å². The van der Waals surface area contributed by atoms with Gasteiger partial charge in [-0.25, -0.2) is 0 Å². The summed E-state index contributed by atoms with van der Waals surface area (Å²) in [4.78, 5) is 28.0. The van der Waals surface area contributed by atoms with Crippen molar-refractivity contribution in [3.63, 3.8) is 0 Å². The number of hydrogen-bond donors (Lipinski definition) is 4. The van der Waals surface area contributed by atoms with Crippen LogP contribution in [0.4, 0.5) is 0 Å². The highest BCUT2D eigenvalue weighted by molar-refractivity contribution is 5.94. The molecule has 0 heterocycles. The van der Waals surface area contributed by atoms with E-state index in [0.29, 0.717) is 31.2 Å². The highest BCUT2D eigenvalue weighted by Crippen LogP contribution is 2.23. The Labute approximate surface area is 167 Å². The van der Waals surface area contributed by atoms with E-state index in [1.54, 1.807) is 20.2 Å². The van der Waals surface area contributed by atoms with Gasteiger partial charge in [-0.1, -0.05) is 31.4 Å². The molecule has 0 unspecified atom stereocenters. The lowest BCUT2D eigenvalue weighted by Crippen LogP contribution is -2.43. The number of nitrogens with one attached hydrogen (secondary N) is 4. The van der Waals surface area contributed by atoms with Gasteiger partial charge in [0.05, 0.1) is 0 Å². The van der Waals surface area contributed by atoms with Crippen molar-refractivity contribution in [2.45, 2.75) is 38.5 Å². The van der Waals surface area contributed by atoms with Crippen molar-refractivity contribution in [1.29, 1.82) is 0 Å². The van der Waals surface area contributed by atoms with Crippen LogP contribution in [-0.4, -0.2) is 51.5 Å². The van der Waals surface area contributed by atoms with Crippen LogP contribution >= 0.6 is 0 Å². The van der Waals surface area contributed by atoms with Crippen LogP contribution in [0.1, 0.15) is 48.0 Å². The van der Waals surface area contributed by atoms with E-state index in [1.165, 1.54) is 19.3 Å². The molecule has 0 aliphatic heterocycles. The van der Waals surface area contributed by atoms with Gasteiger partial charge < -0.3 is 21.3 Å². The summed E-state index contributed by atoms with van der Waals surface area (Å²) in [6.07, 6.45) is 6.40. The molecule has 0 aromatic heterocycles. The molecular weight excluding hydrogens is 354 g/mol. The van der Waals surface area contributed by atoms with Gasteiger partial charge >= 0.3 is 0 Å². The first-order valence-corrected chi connectivity index (χ1v) is 10.2. The Hall–Kier alpha value is -2.57. The van der Waals surface area contributed by atoms with Gasteiger partial charge in [-0.05, 0) is 37.0 Å². The molecule has 1 aliphatic rings. The topological polar surface area (TPSA) is 94.6 Å². The van der Waals surface area contributed by atoms with E-state index in [1.807, 2.05) is 18.2 Å². The Balaban J connectivity index is 1.65. The Morgan fingerprint density at radius 3 is 2.46 bits per heavy atom. The van der Waals surface area contributed by atoms with Gasteiger partial charge in [0.25, 0.3) is 5.91 Å². The molecule has 0 saturated heterocycles. The van der Waals surface area contributed by atoms with Crippen LogP contribution in [0, 0.1) is 5.92 Å². The number of guanidine groups is 1. The molecule has 0 spiro atoms. The van der Waals surface area contributed by atoms with Gasteiger partial charge in [-0.2, -0.15) is 0 Å². The fourth-order valence-electron chi connectivity index (χ4n) is 3.43. The van der Waals surface area contributed by atoms with E-state index < -0.39 is 0 Å². The van der Waals surface area contributed by atoms with Crippen LogP contribution in [0.3, 0.4) is 0 Å². The Bertz CT molecular complexity index is 669. The molecule has 1 aliphatic carbocycles. The van der Waals surface area contributed by atoms with Crippen LogP contribution in [0.5, 0.6) is 0 Å². The van der Waals surface area contributed by atoms with Crippen LogP contribution in [0.25, 0.3) is 0 Å². The van der Waals surface area contributed by atoms with Crippen LogP contribution in [-0.2, 0) is 11.2 Å². The largest absolute Gasteiger partial charge is 0.356 e. The fourth-order valence-corrected chi connectivity index (χ4v) is 3.43. The zero-order valence-electron chi connectivity index (χ0n) is 17.0. The first-order valence-electron chi connectivity index (χ1n) is 10.2. The summed E-state index contributed by atoms with van der Waals surface area (Å²) < 4.78 is 0. The number of carbonyl (C=O) groups excluding carboxylic acids is 2. The minimum atomic E-state index is -0.0810. The minimum Gasteiger partial charge on any atom is -0.356 e. The molecule has 4 N–H and O–H groups in total. The van der Waals surface area contributed by atoms with Crippen molar-refractivity contribution in [2.24, 2.45) is 10.9 Å². The summed E-state index contributed by atoms with van der Waals surface area (Å²) in [6, 6.07) is 7.60. The average Bonchev–Trinajstić information content (AvgIpc) is 2.75. The number of nitrogens with zero attached hydrogens (tertiary/aromatic N) is 1. The molecule has 2 amide bonds. The third-order valence-corrected chi connectivity index (χ3v) is 5.04. The van der Waals surface area contributed by atoms with E-state index in [0.717, 1.165) is 24.8 Å². The molecule has 2 rings (SSSR count). The number of benzene rings is 1. The molecule has 0 bridgehead atoms. The maximum Gasteiger partial charge on any atom is 0.251 e. The molecule has 28 heavy (non-hydrogen) atoms. The number of hydrogen-bond acceptors (Lipinski definition) is 3. The average molecular weight is 388 g/mol. The van der Waals surface area contributed by atoms with Crippen molar-refractivity contribution >= 4 is 17.8 Å². The lowest BCUT2D eigenvalue weighted by molar-refractivity contribution is -0.125. The van der Waals surface area contributed by atoms with Crippen LogP contribution < -0.4 is 21.3 Å². The standard InChI is InChI=1S/C21H33N5O2/c1-22-19(27)18-10-6-7-16(15-18)11-12-25-21(23-2)26-14-13-24-20(28)17-8-4-3-5-9-17/h6-7,10,15,17H,3-5,8-9,11-14H2,1-2H3,(H,22,27)(H,24,28)(H2,23,25,26). The van der Waals surface area contributed by atoms with E-state index >= 15 is 0 Å². The Kier molecular flexibility index (Phi) is 9.31. The van der Waals surface area contributed by atoms with Crippen molar-refractivity contribution in [3.05, 3.63) is 35.4 Å². The maximum atomic E-state index is 12.1. The second-order valence-corrected chi connectivity index (χ2v) is 7.08. The lowest BCUT2D eigenvalue weighted by Gasteiger charge is -2.21. The van der Waals surface area contributed by atoms with Gasteiger partial charge in [0.1, 0.15) is 0 Å².